The maximum atomic E-state index is 12.7. The van der Waals surface area contributed by atoms with Crippen molar-refractivity contribution < 1.29 is 14.5 Å². The molecule has 1 amide bonds. The molecule has 11 heteroatoms. The summed E-state index contributed by atoms with van der Waals surface area (Å²) >= 11 is 5.28. The third-order valence-electron chi connectivity index (χ3n) is 5.82. The van der Waals surface area contributed by atoms with Gasteiger partial charge in [0.25, 0.3) is 11.6 Å². The van der Waals surface area contributed by atoms with Crippen LogP contribution in [-0.4, -0.2) is 52.2 Å². The van der Waals surface area contributed by atoms with Crippen LogP contribution in [0.15, 0.2) is 66.7 Å². The molecule has 2 heterocycles. The summed E-state index contributed by atoms with van der Waals surface area (Å²) in [7, 11) is 0. The third kappa shape index (κ3) is 5.02. The SMILES string of the molecule is O=C(NC(=S)Nc1ccc(-c2nc3ccccc3[nH]2)cc1)c1ccc(N2CCOCC2)c([N+](=O)[O-])c1. The van der Waals surface area contributed by atoms with E-state index in [1.807, 2.05) is 53.4 Å². The average Bonchev–Trinajstić information content (AvgIpc) is 3.33. The van der Waals surface area contributed by atoms with E-state index in [2.05, 4.69) is 20.6 Å². The average molecular weight is 503 g/mol. The zero-order valence-corrected chi connectivity index (χ0v) is 19.9. The number of hydrogen-bond donors (Lipinski definition) is 3. The number of nitrogens with zero attached hydrogens (tertiary/aromatic N) is 3. The first kappa shape index (κ1) is 23.4. The van der Waals surface area contributed by atoms with Gasteiger partial charge in [-0.25, -0.2) is 4.98 Å². The molecule has 0 bridgehead atoms. The number of benzene rings is 3. The van der Waals surface area contributed by atoms with Gasteiger partial charge in [0.2, 0.25) is 0 Å². The first-order chi connectivity index (χ1) is 17.5. The summed E-state index contributed by atoms with van der Waals surface area (Å²) in [6.07, 6.45) is 0. The second kappa shape index (κ2) is 10.1. The summed E-state index contributed by atoms with van der Waals surface area (Å²) < 4.78 is 5.32. The molecule has 3 N–H and O–H groups in total. The highest BCUT2D eigenvalue weighted by Gasteiger charge is 2.23. The molecule has 1 fully saturated rings. The summed E-state index contributed by atoms with van der Waals surface area (Å²) in [6, 6.07) is 19.6. The first-order valence-electron chi connectivity index (χ1n) is 11.3. The zero-order chi connectivity index (χ0) is 25.1. The Morgan fingerprint density at radius 1 is 1.08 bits per heavy atom. The van der Waals surface area contributed by atoms with Gasteiger partial charge in [0.1, 0.15) is 11.5 Å². The Morgan fingerprint density at radius 2 is 1.83 bits per heavy atom. The number of rotatable bonds is 5. The highest BCUT2D eigenvalue weighted by Crippen LogP contribution is 2.30. The number of imidazole rings is 1. The fraction of sp³-hybridized carbons (Fsp3) is 0.160. The molecule has 4 aromatic rings. The van der Waals surface area contributed by atoms with Crippen molar-refractivity contribution in [1.82, 2.24) is 15.3 Å². The Bertz CT molecular complexity index is 1410. The number of anilines is 2. The quantitative estimate of drug-likeness (QED) is 0.212. The summed E-state index contributed by atoms with van der Waals surface area (Å²) in [5.41, 5.74) is 3.89. The highest BCUT2D eigenvalue weighted by atomic mass is 32.1. The molecule has 1 aliphatic heterocycles. The van der Waals surface area contributed by atoms with Crippen LogP contribution in [-0.2, 0) is 4.74 Å². The van der Waals surface area contributed by atoms with Crippen LogP contribution in [0.3, 0.4) is 0 Å². The molecule has 0 saturated carbocycles. The molecule has 0 atom stereocenters. The molecule has 3 aromatic carbocycles. The molecule has 0 aliphatic carbocycles. The highest BCUT2D eigenvalue weighted by molar-refractivity contribution is 7.80. The summed E-state index contributed by atoms with van der Waals surface area (Å²) in [5.74, 6) is 0.212. The van der Waals surface area contributed by atoms with Crippen LogP contribution in [0.4, 0.5) is 17.1 Å². The van der Waals surface area contributed by atoms with E-state index in [9.17, 15) is 14.9 Å². The van der Waals surface area contributed by atoms with Gasteiger partial charge >= 0.3 is 0 Å². The topological polar surface area (TPSA) is 125 Å². The largest absolute Gasteiger partial charge is 0.378 e. The lowest BCUT2D eigenvalue weighted by atomic mass is 10.1. The van der Waals surface area contributed by atoms with Gasteiger partial charge in [-0.1, -0.05) is 12.1 Å². The van der Waals surface area contributed by atoms with E-state index >= 15 is 0 Å². The molecule has 36 heavy (non-hydrogen) atoms. The molecule has 0 radical (unpaired) electrons. The van der Waals surface area contributed by atoms with Gasteiger partial charge in [-0.2, -0.15) is 0 Å². The number of nitro groups is 1. The molecular weight excluding hydrogens is 480 g/mol. The molecule has 182 valence electrons. The number of aromatic nitrogens is 2. The van der Waals surface area contributed by atoms with Crippen LogP contribution in [0.5, 0.6) is 0 Å². The Labute approximate surface area is 211 Å². The molecule has 1 aromatic heterocycles. The molecule has 0 spiro atoms. The Balaban J connectivity index is 1.24. The van der Waals surface area contributed by atoms with Gasteiger partial charge in [-0.05, 0) is 60.7 Å². The number of carbonyl (C=O) groups excluding carboxylic acids is 1. The third-order valence-corrected chi connectivity index (χ3v) is 6.02. The number of amides is 1. The molecule has 5 rings (SSSR count). The van der Waals surface area contributed by atoms with Crippen molar-refractivity contribution in [2.45, 2.75) is 0 Å². The second-order valence-corrected chi connectivity index (χ2v) is 8.56. The normalized spacial score (nSPS) is 13.4. The smallest absolute Gasteiger partial charge is 0.293 e. The minimum Gasteiger partial charge on any atom is -0.378 e. The minimum absolute atomic E-state index is 0.0800. The molecule has 0 unspecified atom stereocenters. The number of hydrogen-bond acceptors (Lipinski definition) is 7. The lowest BCUT2D eigenvalue weighted by molar-refractivity contribution is -0.384. The molecular formula is C25H22N6O4S. The lowest BCUT2D eigenvalue weighted by Crippen LogP contribution is -2.37. The number of morpholine rings is 1. The molecule has 1 saturated heterocycles. The van der Waals surface area contributed by atoms with E-state index in [0.29, 0.717) is 37.7 Å². The van der Waals surface area contributed by atoms with Crippen molar-refractivity contribution >= 4 is 51.3 Å². The maximum Gasteiger partial charge on any atom is 0.293 e. The second-order valence-electron chi connectivity index (χ2n) is 8.15. The number of nitrogens with one attached hydrogen (secondary N) is 3. The van der Waals surface area contributed by atoms with Crippen LogP contribution in [0.25, 0.3) is 22.4 Å². The van der Waals surface area contributed by atoms with E-state index in [0.717, 1.165) is 22.4 Å². The molecule has 1 aliphatic rings. The summed E-state index contributed by atoms with van der Waals surface area (Å²) in [6.45, 7) is 2.10. The number of ether oxygens (including phenoxy) is 1. The van der Waals surface area contributed by atoms with Crippen molar-refractivity contribution in [3.8, 4) is 11.4 Å². The lowest BCUT2D eigenvalue weighted by Gasteiger charge is -2.28. The Hall–Kier alpha value is -4.35. The van der Waals surface area contributed by atoms with E-state index in [-0.39, 0.29) is 16.4 Å². The number of thiocarbonyl (C=S) groups is 1. The zero-order valence-electron chi connectivity index (χ0n) is 19.1. The minimum atomic E-state index is -0.539. The number of aromatic amines is 1. The van der Waals surface area contributed by atoms with Gasteiger partial charge < -0.3 is 19.9 Å². The van der Waals surface area contributed by atoms with Crippen molar-refractivity contribution in [3.63, 3.8) is 0 Å². The predicted molar refractivity (Wildman–Crippen MR) is 141 cm³/mol. The van der Waals surface area contributed by atoms with Crippen molar-refractivity contribution in [1.29, 1.82) is 0 Å². The monoisotopic (exact) mass is 502 g/mol. The number of fused-ring (bicyclic) bond motifs is 1. The number of nitro benzene ring substituents is 1. The number of H-pyrrole nitrogens is 1. The van der Waals surface area contributed by atoms with Crippen molar-refractivity contribution in [2.75, 3.05) is 36.5 Å². The van der Waals surface area contributed by atoms with Crippen molar-refractivity contribution in [3.05, 3.63) is 82.4 Å². The fourth-order valence-corrected chi connectivity index (χ4v) is 4.23. The van der Waals surface area contributed by atoms with E-state index in [1.165, 1.54) is 6.07 Å². The predicted octanol–water partition coefficient (Wildman–Crippen LogP) is 4.10. The van der Waals surface area contributed by atoms with Gasteiger partial charge in [-0.15, -0.1) is 0 Å². The van der Waals surface area contributed by atoms with E-state index < -0.39 is 10.8 Å². The van der Waals surface area contributed by atoms with Crippen LogP contribution < -0.4 is 15.5 Å². The Morgan fingerprint density at radius 3 is 2.56 bits per heavy atom. The maximum absolute atomic E-state index is 12.7. The van der Waals surface area contributed by atoms with Gasteiger partial charge in [0, 0.05) is 36.0 Å². The Kier molecular flexibility index (Phi) is 6.56. The van der Waals surface area contributed by atoms with Gasteiger partial charge in [-0.3, -0.25) is 20.2 Å². The van der Waals surface area contributed by atoms with Crippen LogP contribution in [0.2, 0.25) is 0 Å². The number of carbonyl (C=O) groups is 1. The first-order valence-corrected chi connectivity index (χ1v) is 11.7. The van der Waals surface area contributed by atoms with Crippen molar-refractivity contribution in [2.24, 2.45) is 0 Å². The standard InChI is InChI=1S/C25H22N6O4S/c32-24(17-7-10-21(22(15-17)31(33)34)30-11-13-35-14-12-30)29-25(36)26-18-8-5-16(6-9-18)23-27-19-3-1-2-4-20(19)28-23/h1-10,15H,11-14H2,(H,27,28)(H2,26,29,32,36). The number of para-hydroxylation sites is 2. The van der Waals surface area contributed by atoms with Gasteiger partial charge in [0.15, 0.2) is 5.11 Å². The van der Waals surface area contributed by atoms with Crippen LogP contribution in [0.1, 0.15) is 10.4 Å². The molecule has 10 nitrogen and oxygen atoms in total. The van der Waals surface area contributed by atoms with Crippen LogP contribution >= 0.6 is 12.2 Å². The van der Waals surface area contributed by atoms with Crippen LogP contribution in [0, 0.1) is 10.1 Å². The van der Waals surface area contributed by atoms with E-state index in [4.69, 9.17) is 17.0 Å². The summed E-state index contributed by atoms with van der Waals surface area (Å²) in [5, 5.41) is 17.3. The van der Waals surface area contributed by atoms with E-state index in [1.54, 1.807) is 12.1 Å². The summed E-state index contributed by atoms with van der Waals surface area (Å²) in [4.78, 5) is 33.6. The van der Waals surface area contributed by atoms with Gasteiger partial charge in [0.05, 0.1) is 29.2 Å². The fourth-order valence-electron chi connectivity index (χ4n) is 4.02.